The standard InChI is InChI=1S/C9H13N/c1-2-8-4-3-5-9(10)7-6-8/h3-5,10H,2,6-7H2,1H3. The number of hydrogen-bond acceptors (Lipinski definition) is 1. The van der Waals surface area contributed by atoms with Gasteiger partial charge in [-0.25, -0.2) is 0 Å². The van der Waals surface area contributed by atoms with E-state index in [9.17, 15) is 0 Å². The Balaban J connectivity index is 2.60. The van der Waals surface area contributed by atoms with Crippen LogP contribution in [0.3, 0.4) is 0 Å². The first-order chi connectivity index (χ1) is 4.83. The summed E-state index contributed by atoms with van der Waals surface area (Å²) in [5, 5.41) is 7.37. The Labute approximate surface area is 62.0 Å². The number of allylic oxidation sites excluding steroid dienone is 4. The molecule has 54 valence electrons. The van der Waals surface area contributed by atoms with Crippen LogP contribution in [0.15, 0.2) is 23.8 Å². The van der Waals surface area contributed by atoms with Gasteiger partial charge >= 0.3 is 0 Å². The van der Waals surface area contributed by atoms with E-state index in [-0.39, 0.29) is 0 Å². The number of rotatable bonds is 1. The lowest BCUT2D eigenvalue weighted by molar-refractivity contribution is 0.933. The normalized spacial score (nSPS) is 18.5. The van der Waals surface area contributed by atoms with Gasteiger partial charge in [0.2, 0.25) is 0 Å². The second-order valence-corrected chi connectivity index (χ2v) is 2.56. The summed E-state index contributed by atoms with van der Waals surface area (Å²) in [7, 11) is 0. The molecule has 1 rings (SSSR count). The molecule has 0 aromatic carbocycles. The van der Waals surface area contributed by atoms with Gasteiger partial charge < -0.3 is 5.41 Å². The Morgan fingerprint density at radius 1 is 1.50 bits per heavy atom. The zero-order valence-corrected chi connectivity index (χ0v) is 6.35. The smallest absolute Gasteiger partial charge is 0.0317 e. The van der Waals surface area contributed by atoms with Gasteiger partial charge in [0.25, 0.3) is 0 Å². The fourth-order valence-electron chi connectivity index (χ4n) is 1.06. The molecule has 0 aliphatic heterocycles. The van der Waals surface area contributed by atoms with Crippen LogP contribution in [0.4, 0.5) is 0 Å². The Morgan fingerprint density at radius 2 is 2.30 bits per heavy atom. The third-order valence-electron chi connectivity index (χ3n) is 1.80. The summed E-state index contributed by atoms with van der Waals surface area (Å²) >= 11 is 0. The van der Waals surface area contributed by atoms with Gasteiger partial charge in [0.05, 0.1) is 0 Å². The predicted molar refractivity (Wildman–Crippen MR) is 44.5 cm³/mol. The van der Waals surface area contributed by atoms with Crippen LogP contribution in [0.5, 0.6) is 0 Å². The van der Waals surface area contributed by atoms with E-state index in [1.807, 2.05) is 12.2 Å². The SMILES string of the molecule is CCC1=CC=CC(=N)CC1. The summed E-state index contributed by atoms with van der Waals surface area (Å²) in [5.74, 6) is 0. The van der Waals surface area contributed by atoms with E-state index in [2.05, 4.69) is 13.0 Å². The average Bonchev–Trinajstić information content (AvgIpc) is 2.14. The van der Waals surface area contributed by atoms with Crippen LogP contribution in [0, 0.1) is 5.41 Å². The van der Waals surface area contributed by atoms with E-state index < -0.39 is 0 Å². The highest BCUT2D eigenvalue weighted by atomic mass is 14.4. The van der Waals surface area contributed by atoms with Crippen LogP contribution in [-0.2, 0) is 0 Å². The first-order valence-corrected chi connectivity index (χ1v) is 3.76. The minimum absolute atomic E-state index is 0.750. The van der Waals surface area contributed by atoms with Crippen molar-refractivity contribution in [2.24, 2.45) is 0 Å². The molecule has 0 atom stereocenters. The quantitative estimate of drug-likeness (QED) is 0.571. The Morgan fingerprint density at radius 3 is 3.00 bits per heavy atom. The van der Waals surface area contributed by atoms with E-state index in [1.54, 1.807) is 0 Å². The predicted octanol–water partition coefficient (Wildman–Crippen LogP) is 2.69. The molecule has 0 amide bonds. The van der Waals surface area contributed by atoms with Crippen LogP contribution in [0.1, 0.15) is 26.2 Å². The molecule has 0 heterocycles. The van der Waals surface area contributed by atoms with Crippen molar-refractivity contribution in [3.05, 3.63) is 23.8 Å². The highest BCUT2D eigenvalue weighted by Crippen LogP contribution is 2.12. The molecule has 1 nitrogen and oxygen atoms in total. The fraction of sp³-hybridized carbons (Fsp3) is 0.444. The molecule has 0 aromatic heterocycles. The third-order valence-corrected chi connectivity index (χ3v) is 1.80. The molecule has 0 saturated carbocycles. The number of nitrogens with one attached hydrogen (secondary N) is 1. The average molecular weight is 135 g/mol. The highest BCUT2D eigenvalue weighted by Gasteiger charge is 1.99. The summed E-state index contributed by atoms with van der Waals surface area (Å²) in [5.41, 5.74) is 2.21. The minimum atomic E-state index is 0.750. The molecule has 0 spiro atoms. The molecule has 0 fully saturated rings. The Hall–Kier alpha value is -0.850. The fourth-order valence-corrected chi connectivity index (χ4v) is 1.06. The van der Waals surface area contributed by atoms with Crippen molar-refractivity contribution in [1.29, 1.82) is 5.41 Å². The van der Waals surface area contributed by atoms with E-state index in [1.165, 1.54) is 5.57 Å². The van der Waals surface area contributed by atoms with Crippen molar-refractivity contribution in [3.8, 4) is 0 Å². The Bertz CT molecular complexity index is 187. The summed E-state index contributed by atoms with van der Waals surface area (Å²) in [6, 6.07) is 0. The van der Waals surface area contributed by atoms with Crippen LogP contribution in [0.2, 0.25) is 0 Å². The van der Waals surface area contributed by atoms with Gasteiger partial charge in [-0.3, -0.25) is 0 Å². The van der Waals surface area contributed by atoms with E-state index >= 15 is 0 Å². The molecular formula is C9H13N. The lowest BCUT2D eigenvalue weighted by atomic mass is 10.1. The first-order valence-electron chi connectivity index (χ1n) is 3.76. The summed E-state index contributed by atoms with van der Waals surface area (Å²) < 4.78 is 0. The van der Waals surface area contributed by atoms with Gasteiger partial charge in [-0.15, -0.1) is 0 Å². The van der Waals surface area contributed by atoms with Crippen molar-refractivity contribution < 1.29 is 0 Å². The van der Waals surface area contributed by atoms with Crippen LogP contribution < -0.4 is 0 Å². The molecule has 0 bridgehead atoms. The lowest BCUT2D eigenvalue weighted by Gasteiger charge is -1.98. The van der Waals surface area contributed by atoms with Crippen LogP contribution >= 0.6 is 0 Å². The van der Waals surface area contributed by atoms with Crippen LogP contribution in [0.25, 0.3) is 0 Å². The van der Waals surface area contributed by atoms with Crippen molar-refractivity contribution in [1.82, 2.24) is 0 Å². The van der Waals surface area contributed by atoms with Gasteiger partial charge in [-0.2, -0.15) is 0 Å². The number of hydrogen-bond donors (Lipinski definition) is 1. The van der Waals surface area contributed by atoms with Crippen molar-refractivity contribution in [2.75, 3.05) is 0 Å². The van der Waals surface area contributed by atoms with E-state index in [4.69, 9.17) is 5.41 Å². The van der Waals surface area contributed by atoms with Gasteiger partial charge in [0.1, 0.15) is 0 Å². The Kier molecular flexibility index (Phi) is 2.43. The molecule has 1 heteroatoms. The topological polar surface area (TPSA) is 23.9 Å². The molecular weight excluding hydrogens is 122 g/mol. The van der Waals surface area contributed by atoms with Gasteiger partial charge in [-0.05, 0) is 25.3 Å². The summed E-state index contributed by atoms with van der Waals surface area (Å²) in [4.78, 5) is 0. The van der Waals surface area contributed by atoms with Gasteiger partial charge in [0.15, 0.2) is 0 Å². The van der Waals surface area contributed by atoms with Crippen molar-refractivity contribution in [3.63, 3.8) is 0 Å². The molecule has 0 radical (unpaired) electrons. The largest absolute Gasteiger partial charge is 0.305 e. The zero-order valence-electron chi connectivity index (χ0n) is 6.35. The van der Waals surface area contributed by atoms with Gasteiger partial charge in [-0.1, -0.05) is 24.6 Å². The maximum atomic E-state index is 7.37. The zero-order chi connectivity index (χ0) is 7.40. The molecule has 1 N–H and O–H groups in total. The summed E-state index contributed by atoms with van der Waals surface area (Å²) in [6.07, 6.45) is 9.09. The second-order valence-electron chi connectivity index (χ2n) is 2.56. The van der Waals surface area contributed by atoms with Crippen molar-refractivity contribution >= 4 is 5.71 Å². The third kappa shape index (κ3) is 1.83. The molecule has 1 aliphatic carbocycles. The molecule has 0 aromatic rings. The monoisotopic (exact) mass is 135 g/mol. The second kappa shape index (κ2) is 3.35. The van der Waals surface area contributed by atoms with E-state index in [0.29, 0.717) is 0 Å². The van der Waals surface area contributed by atoms with Crippen molar-refractivity contribution in [2.45, 2.75) is 26.2 Å². The lowest BCUT2D eigenvalue weighted by Crippen LogP contribution is -1.89. The van der Waals surface area contributed by atoms with Crippen LogP contribution in [-0.4, -0.2) is 5.71 Å². The van der Waals surface area contributed by atoms with E-state index in [0.717, 1.165) is 25.0 Å². The highest BCUT2D eigenvalue weighted by molar-refractivity contribution is 5.92. The molecule has 1 aliphatic rings. The maximum Gasteiger partial charge on any atom is 0.0317 e. The molecule has 10 heavy (non-hydrogen) atoms. The van der Waals surface area contributed by atoms with Gasteiger partial charge in [0, 0.05) is 5.71 Å². The molecule has 0 saturated heterocycles. The maximum absolute atomic E-state index is 7.37. The molecule has 0 unspecified atom stereocenters. The summed E-state index contributed by atoms with van der Waals surface area (Å²) in [6.45, 7) is 2.16. The first kappa shape index (κ1) is 7.26. The minimum Gasteiger partial charge on any atom is -0.305 e.